The molecule has 2 aromatic heterocycles. The predicted molar refractivity (Wildman–Crippen MR) is 64.1 cm³/mol. The van der Waals surface area contributed by atoms with E-state index < -0.39 is 10.0 Å². The first kappa shape index (κ1) is 13.5. The Morgan fingerprint density at radius 2 is 2.11 bits per heavy atom. The fourth-order valence-corrected chi connectivity index (χ4v) is 2.46. The van der Waals surface area contributed by atoms with E-state index in [4.69, 9.17) is 8.94 Å². The SMILES string of the molecule is Cc1noc(C)c1CNS(=O)(=O)c1ccc(C=O)o1. The number of sulfonamides is 1. The van der Waals surface area contributed by atoms with E-state index in [-0.39, 0.29) is 17.4 Å². The van der Waals surface area contributed by atoms with E-state index in [0.717, 1.165) is 0 Å². The van der Waals surface area contributed by atoms with Gasteiger partial charge in [-0.1, -0.05) is 5.16 Å². The van der Waals surface area contributed by atoms with E-state index >= 15 is 0 Å². The molecule has 0 aliphatic carbocycles. The molecule has 7 nitrogen and oxygen atoms in total. The van der Waals surface area contributed by atoms with Gasteiger partial charge in [-0.05, 0) is 26.0 Å². The van der Waals surface area contributed by atoms with Crippen LogP contribution >= 0.6 is 0 Å². The maximum atomic E-state index is 11.9. The van der Waals surface area contributed by atoms with Crippen LogP contribution in [0.5, 0.6) is 0 Å². The molecule has 0 unspecified atom stereocenters. The third-order valence-corrected chi connectivity index (χ3v) is 3.88. The number of hydrogen-bond donors (Lipinski definition) is 1. The molecule has 0 bridgehead atoms. The molecule has 8 heteroatoms. The van der Waals surface area contributed by atoms with Crippen LogP contribution in [0.4, 0.5) is 0 Å². The zero-order valence-electron chi connectivity index (χ0n) is 10.3. The molecule has 0 radical (unpaired) electrons. The van der Waals surface area contributed by atoms with Crippen LogP contribution in [0.2, 0.25) is 0 Å². The van der Waals surface area contributed by atoms with Crippen molar-refractivity contribution < 1.29 is 22.2 Å². The standard InChI is InChI=1S/C11H12N2O5S/c1-7-10(8(2)18-13-7)5-12-19(15,16)11-4-3-9(6-14)17-11/h3-4,6,12H,5H2,1-2H3. The molecule has 0 aromatic carbocycles. The Morgan fingerprint density at radius 1 is 1.37 bits per heavy atom. The molecule has 0 aliphatic heterocycles. The van der Waals surface area contributed by atoms with Crippen molar-refractivity contribution >= 4 is 16.3 Å². The van der Waals surface area contributed by atoms with Crippen molar-refractivity contribution in [2.24, 2.45) is 0 Å². The lowest BCUT2D eigenvalue weighted by Gasteiger charge is -2.03. The first-order valence-corrected chi connectivity index (χ1v) is 6.89. The van der Waals surface area contributed by atoms with Crippen LogP contribution in [0.15, 0.2) is 26.2 Å². The van der Waals surface area contributed by atoms with Gasteiger partial charge in [-0.25, -0.2) is 13.1 Å². The van der Waals surface area contributed by atoms with Crippen molar-refractivity contribution in [3.05, 3.63) is 34.9 Å². The molecule has 2 heterocycles. The third kappa shape index (κ3) is 2.74. The van der Waals surface area contributed by atoms with Crippen LogP contribution in [-0.2, 0) is 16.6 Å². The van der Waals surface area contributed by atoms with Crippen LogP contribution in [-0.4, -0.2) is 19.9 Å². The number of aryl methyl sites for hydroxylation is 2. The molecule has 2 aromatic rings. The summed E-state index contributed by atoms with van der Waals surface area (Å²) in [6.45, 7) is 3.46. The van der Waals surface area contributed by atoms with Gasteiger partial charge in [-0.15, -0.1) is 0 Å². The highest BCUT2D eigenvalue weighted by Crippen LogP contribution is 2.15. The molecule has 0 saturated carbocycles. The van der Waals surface area contributed by atoms with Gasteiger partial charge in [0.15, 0.2) is 12.0 Å². The number of carbonyl (C=O) groups excluding carboxylic acids is 1. The van der Waals surface area contributed by atoms with Crippen LogP contribution in [0, 0.1) is 13.8 Å². The fourth-order valence-electron chi connectivity index (χ4n) is 1.53. The van der Waals surface area contributed by atoms with Gasteiger partial charge in [0, 0.05) is 12.1 Å². The van der Waals surface area contributed by atoms with Gasteiger partial charge in [0.2, 0.25) is 5.09 Å². The summed E-state index contributed by atoms with van der Waals surface area (Å²) in [6.07, 6.45) is 0.438. The van der Waals surface area contributed by atoms with Crippen molar-refractivity contribution in [2.75, 3.05) is 0 Å². The van der Waals surface area contributed by atoms with E-state index in [9.17, 15) is 13.2 Å². The van der Waals surface area contributed by atoms with E-state index in [1.165, 1.54) is 12.1 Å². The molecule has 0 saturated heterocycles. The highest BCUT2D eigenvalue weighted by Gasteiger charge is 2.20. The molecule has 0 atom stereocenters. The van der Waals surface area contributed by atoms with Crippen LogP contribution in [0.25, 0.3) is 0 Å². The van der Waals surface area contributed by atoms with Crippen molar-refractivity contribution in [1.29, 1.82) is 0 Å². The Morgan fingerprint density at radius 3 is 2.63 bits per heavy atom. The maximum absolute atomic E-state index is 11.9. The zero-order valence-corrected chi connectivity index (χ0v) is 11.2. The Kier molecular flexibility index (Phi) is 3.54. The molecule has 19 heavy (non-hydrogen) atoms. The lowest BCUT2D eigenvalue weighted by molar-refractivity contribution is 0.109. The number of furan rings is 1. The van der Waals surface area contributed by atoms with Gasteiger partial charge in [0.1, 0.15) is 5.76 Å². The second-order valence-electron chi connectivity index (χ2n) is 3.90. The normalized spacial score (nSPS) is 11.7. The highest BCUT2D eigenvalue weighted by molar-refractivity contribution is 7.89. The van der Waals surface area contributed by atoms with Gasteiger partial charge >= 0.3 is 0 Å². The van der Waals surface area contributed by atoms with Gasteiger partial charge in [0.25, 0.3) is 10.0 Å². The Balaban J connectivity index is 2.16. The van der Waals surface area contributed by atoms with Crippen LogP contribution in [0.1, 0.15) is 27.6 Å². The number of nitrogens with one attached hydrogen (secondary N) is 1. The van der Waals surface area contributed by atoms with E-state index in [1.807, 2.05) is 0 Å². The summed E-state index contributed by atoms with van der Waals surface area (Å²) in [4.78, 5) is 10.5. The monoisotopic (exact) mass is 284 g/mol. The van der Waals surface area contributed by atoms with Crippen molar-refractivity contribution in [3.8, 4) is 0 Å². The minimum Gasteiger partial charge on any atom is -0.440 e. The predicted octanol–water partition coefficient (Wildman–Crippen LogP) is 1.18. The first-order chi connectivity index (χ1) is 8.94. The van der Waals surface area contributed by atoms with Crippen molar-refractivity contribution in [2.45, 2.75) is 25.5 Å². The van der Waals surface area contributed by atoms with E-state index in [1.54, 1.807) is 13.8 Å². The minimum absolute atomic E-state index is 0.0423. The lowest BCUT2D eigenvalue weighted by atomic mass is 10.2. The largest absolute Gasteiger partial charge is 0.440 e. The molecule has 102 valence electrons. The van der Waals surface area contributed by atoms with Crippen LogP contribution in [0.3, 0.4) is 0 Å². The van der Waals surface area contributed by atoms with Gasteiger partial charge in [0.05, 0.1) is 5.69 Å². The average Bonchev–Trinajstić information content (AvgIpc) is 2.96. The smallest absolute Gasteiger partial charge is 0.274 e. The minimum atomic E-state index is -3.80. The first-order valence-electron chi connectivity index (χ1n) is 5.40. The number of rotatable bonds is 5. The number of aldehydes is 1. The Bertz CT molecular complexity index is 679. The molecule has 0 aliphatic rings. The molecule has 0 fully saturated rings. The third-order valence-electron chi connectivity index (χ3n) is 2.60. The molecule has 1 N–H and O–H groups in total. The van der Waals surface area contributed by atoms with Gasteiger partial charge in [-0.3, -0.25) is 4.79 Å². The summed E-state index contributed by atoms with van der Waals surface area (Å²) in [6, 6.07) is 2.51. The van der Waals surface area contributed by atoms with Crippen LogP contribution < -0.4 is 4.72 Å². The lowest BCUT2D eigenvalue weighted by Crippen LogP contribution is -2.23. The number of nitrogens with zero attached hydrogens (tertiary/aromatic N) is 1. The molecule has 2 rings (SSSR count). The second-order valence-corrected chi connectivity index (χ2v) is 5.60. The Labute approximate surface area is 109 Å². The number of hydrogen-bond acceptors (Lipinski definition) is 6. The number of aromatic nitrogens is 1. The quantitative estimate of drug-likeness (QED) is 0.827. The second kappa shape index (κ2) is 4.98. The van der Waals surface area contributed by atoms with E-state index in [2.05, 4.69) is 9.88 Å². The molecular formula is C11H12N2O5S. The Hall–Kier alpha value is -1.93. The van der Waals surface area contributed by atoms with Crippen molar-refractivity contribution in [1.82, 2.24) is 9.88 Å². The van der Waals surface area contributed by atoms with E-state index in [0.29, 0.717) is 23.3 Å². The summed E-state index contributed by atoms with van der Waals surface area (Å²) in [5, 5.41) is 3.42. The highest BCUT2D eigenvalue weighted by atomic mass is 32.2. The molecular weight excluding hydrogens is 272 g/mol. The van der Waals surface area contributed by atoms with Crippen molar-refractivity contribution in [3.63, 3.8) is 0 Å². The summed E-state index contributed by atoms with van der Waals surface area (Å²) >= 11 is 0. The van der Waals surface area contributed by atoms with Gasteiger partial charge in [-0.2, -0.15) is 0 Å². The number of carbonyl (C=O) groups is 1. The molecule has 0 spiro atoms. The van der Waals surface area contributed by atoms with Gasteiger partial charge < -0.3 is 8.94 Å². The average molecular weight is 284 g/mol. The maximum Gasteiger partial charge on any atom is 0.274 e. The summed E-state index contributed by atoms with van der Waals surface area (Å²) in [5.74, 6) is 0.505. The zero-order chi connectivity index (χ0) is 14.0. The summed E-state index contributed by atoms with van der Waals surface area (Å²) in [7, 11) is -3.80. The molecule has 0 amide bonds. The summed E-state index contributed by atoms with van der Waals surface area (Å²) < 4.78 is 36.0. The fraction of sp³-hybridized carbons (Fsp3) is 0.273. The summed E-state index contributed by atoms with van der Waals surface area (Å²) in [5.41, 5.74) is 1.29. The topological polar surface area (TPSA) is 102 Å².